The predicted octanol–water partition coefficient (Wildman–Crippen LogP) is 2.44. The molecule has 1 atom stereocenters. The van der Waals surface area contributed by atoms with E-state index in [-0.39, 0.29) is 0 Å². The van der Waals surface area contributed by atoms with Crippen molar-refractivity contribution < 1.29 is 9.47 Å². The molecule has 0 radical (unpaired) electrons. The maximum absolute atomic E-state index is 5.59. The molecule has 7 heteroatoms. The fourth-order valence-corrected chi connectivity index (χ4v) is 3.36. The normalized spacial score (nSPS) is 18.0. The molecule has 0 amide bonds. The molecule has 1 aliphatic heterocycles. The molecule has 1 fully saturated rings. The highest BCUT2D eigenvalue weighted by atomic mass is 16.5. The third-order valence-electron chi connectivity index (χ3n) is 4.55. The third kappa shape index (κ3) is 3.36. The number of tetrazole rings is 1. The van der Waals surface area contributed by atoms with Crippen LogP contribution in [0.4, 0.5) is 0 Å². The van der Waals surface area contributed by atoms with E-state index in [0.29, 0.717) is 6.04 Å². The number of likely N-dealkylation sites (tertiary alicyclic amines) is 1. The number of hydrogen-bond acceptors (Lipinski definition) is 6. The molecule has 0 saturated carbocycles. The largest absolute Gasteiger partial charge is 0.497 e. The van der Waals surface area contributed by atoms with Crippen LogP contribution in [0.2, 0.25) is 0 Å². The number of nitrogens with zero attached hydrogens (tertiary/aromatic N) is 5. The van der Waals surface area contributed by atoms with Gasteiger partial charge >= 0.3 is 0 Å². The van der Waals surface area contributed by atoms with Crippen molar-refractivity contribution in [3.8, 4) is 11.5 Å². The molecule has 0 N–H and O–H groups in total. The van der Waals surface area contributed by atoms with Gasteiger partial charge in [-0.3, -0.25) is 4.90 Å². The van der Waals surface area contributed by atoms with Crippen molar-refractivity contribution in [2.45, 2.75) is 45.3 Å². The highest BCUT2D eigenvalue weighted by molar-refractivity contribution is 5.42. The van der Waals surface area contributed by atoms with E-state index in [1.54, 1.807) is 14.2 Å². The minimum absolute atomic E-state index is 0.317. The molecule has 2 heterocycles. The van der Waals surface area contributed by atoms with Gasteiger partial charge in [0.2, 0.25) is 0 Å². The fraction of sp³-hybridized carbons (Fsp3) is 0.588. The number of aromatic nitrogens is 4. The van der Waals surface area contributed by atoms with Gasteiger partial charge in [-0.2, -0.15) is 0 Å². The van der Waals surface area contributed by atoms with Gasteiger partial charge in [0.25, 0.3) is 0 Å². The Morgan fingerprint density at radius 1 is 1.25 bits per heavy atom. The Kier molecular flexibility index (Phi) is 5.30. The van der Waals surface area contributed by atoms with E-state index >= 15 is 0 Å². The van der Waals surface area contributed by atoms with Gasteiger partial charge in [0, 0.05) is 24.2 Å². The average Bonchev–Trinajstić information content (AvgIpc) is 3.25. The Morgan fingerprint density at radius 2 is 2.12 bits per heavy atom. The van der Waals surface area contributed by atoms with Gasteiger partial charge in [-0.1, -0.05) is 13.0 Å². The molecule has 3 rings (SSSR count). The first-order chi connectivity index (χ1) is 11.8. The second-order valence-corrected chi connectivity index (χ2v) is 6.05. The van der Waals surface area contributed by atoms with E-state index in [4.69, 9.17) is 9.47 Å². The molecule has 0 spiro atoms. The molecule has 24 heavy (non-hydrogen) atoms. The SMILES string of the molecule is CCCn1nnnc1CN1CCC[C@@H]1c1ccc(OC)cc1OC. The summed E-state index contributed by atoms with van der Waals surface area (Å²) >= 11 is 0. The molecule has 0 aliphatic carbocycles. The molecule has 130 valence electrons. The van der Waals surface area contributed by atoms with Gasteiger partial charge < -0.3 is 9.47 Å². The monoisotopic (exact) mass is 331 g/mol. The summed E-state index contributed by atoms with van der Waals surface area (Å²) in [6, 6.07) is 6.37. The predicted molar refractivity (Wildman–Crippen MR) is 90.0 cm³/mol. The quantitative estimate of drug-likeness (QED) is 0.776. The number of methoxy groups -OCH3 is 2. The second kappa shape index (κ2) is 7.61. The summed E-state index contributed by atoms with van der Waals surface area (Å²) in [5.74, 6) is 2.61. The Hall–Kier alpha value is -2.15. The van der Waals surface area contributed by atoms with Gasteiger partial charge in [0.15, 0.2) is 5.82 Å². The summed E-state index contributed by atoms with van der Waals surface area (Å²) in [5.41, 5.74) is 1.20. The minimum atomic E-state index is 0.317. The maximum Gasteiger partial charge on any atom is 0.165 e. The number of benzene rings is 1. The van der Waals surface area contributed by atoms with E-state index in [1.165, 1.54) is 5.56 Å². The van der Waals surface area contributed by atoms with Crippen LogP contribution in [0.3, 0.4) is 0 Å². The topological polar surface area (TPSA) is 65.3 Å². The fourth-order valence-electron chi connectivity index (χ4n) is 3.36. The van der Waals surface area contributed by atoms with Gasteiger partial charge in [0.05, 0.1) is 20.8 Å². The number of aryl methyl sites for hydroxylation is 1. The van der Waals surface area contributed by atoms with Gasteiger partial charge in [-0.15, -0.1) is 5.10 Å². The molecule has 1 aromatic heterocycles. The van der Waals surface area contributed by atoms with Crippen molar-refractivity contribution in [2.24, 2.45) is 0 Å². The van der Waals surface area contributed by atoms with Crippen molar-refractivity contribution in [1.82, 2.24) is 25.1 Å². The van der Waals surface area contributed by atoms with Crippen LogP contribution in [0.1, 0.15) is 43.6 Å². The summed E-state index contributed by atoms with van der Waals surface area (Å²) in [5, 5.41) is 12.1. The highest BCUT2D eigenvalue weighted by Gasteiger charge is 2.29. The first-order valence-electron chi connectivity index (χ1n) is 8.47. The summed E-state index contributed by atoms with van der Waals surface area (Å²) in [6.07, 6.45) is 3.29. The maximum atomic E-state index is 5.59. The Morgan fingerprint density at radius 3 is 2.88 bits per heavy atom. The lowest BCUT2D eigenvalue weighted by Crippen LogP contribution is -2.25. The second-order valence-electron chi connectivity index (χ2n) is 6.05. The smallest absolute Gasteiger partial charge is 0.165 e. The van der Waals surface area contributed by atoms with Gasteiger partial charge in [-0.25, -0.2) is 4.68 Å². The molecule has 1 aliphatic rings. The van der Waals surface area contributed by atoms with Crippen molar-refractivity contribution in [3.63, 3.8) is 0 Å². The summed E-state index contributed by atoms with van der Waals surface area (Å²) < 4.78 is 12.8. The van der Waals surface area contributed by atoms with Crippen LogP contribution in [-0.4, -0.2) is 45.9 Å². The summed E-state index contributed by atoms with van der Waals surface area (Å²) in [4.78, 5) is 2.43. The van der Waals surface area contributed by atoms with E-state index in [9.17, 15) is 0 Å². The number of hydrogen-bond donors (Lipinski definition) is 0. The molecule has 7 nitrogen and oxygen atoms in total. The van der Waals surface area contributed by atoms with E-state index in [2.05, 4.69) is 33.4 Å². The molecular formula is C17H25N5O2. The summed E-state index contributed by atoms with van der Waals surface area (Å²) in [7, 11) is 3.38. The van der Waals surface area contributed by atoms with Crippen LogP contribution in [0.25, 0.3) is 0 Å². The number of rotatable bonds is 7. The zero-order chi connectivity index (χ0) is 16.9. The van der Waals surface area contributed by atoms with E-state index < -0.39 is 0 Å². The summed E-state index contributed by atoms with van der Waals surface area (Å²) in [6.45, 7) is 4.78. The van der Waals surface area contributed by atoms with Crippen molar-refractivity contribution in [2.75, 3.05) is 20.8 Å². The lowest BCUT2D eigenvalue weighted by Gasteiger charge is -2.25. The molecular weight excluding hydrogens is 306 g/mol. The molecule has 1 aromatic carbocycles. The average molecular weight is 331 g/mol. The van der Waals surface area contributed by atoms with E-state index in [1.807, 2.05) is 16.8 Å². The van der Waals surface area contributed by atoms with Crippen LogP contribution >= 0.6 is 0 Å². The molecule has 1 saturated heterocycles. The van der Waals surface area contributed by atoms with E-state index in [0.717, 1.165) is 56.2 Å². The highest BCUT2D eigenvalue weighted by Crippen LogP contribution is 2.39. The first kappa shape index (κ1) is 16.7. The molecule has 0 bridgehead atoms. The lowest BCUT2D eigenvalue weighted by atomic mass is 10.0. The Balaban J connectivity index is 1.82. The van der Waals surface area contributed by atoms with Crippen LogP contribution in [-0.2, 0) is 13.1 Å². The van der Waals surface area contributed by atoms with Crippen molar-refractivity contribution in [1.29, 1.82) is 0 Å². The van der Waals surface area contributed by atoms with Crippen LogP contribution in [0, 0.1) is 0 Å². The minimum Gasteiger partial charge on any atom is -0.497 e. The third-order valence-corrected chi connectivity index (χ3v) is 4.55. The zero-order valence-electron chi connectivity index (χ0n) is 14.6. The van der Waals surface area contributed by atoms with Gasteiger partial charge in [0.1, 0.15) is 11.5 Å². The van der Waals surface area contributed by atoms with Crippen LogP contribution in [0.15, 0.2) is 18.2 Å². The van der Waals surface area contributed by atoms with Crippen molar-refractivity contribution >= 4 is 0 Å². The Labute approximate surface area is 142 Å². The Bertz CT molecular complexity index is 673. The van der Waals surface area contributed by atoms with Crippen LogP contribution < -0.4 is 9.47 Å². The van der Waals surface area contributed by atoms with Gasteiger partial charge in [-0.05, 0) is 42.3 Å². The standard InChI is InChI=1S/C17H25N5O2/c1-4-9-22-17(18-19-20-22)12-21-10-5-6-15(21)14-8-7-13(23-2)11-16(14)24-3/h7-8,11,15H,4-6,9-10,12H2,1-3H3/t15-/m1/s1. The lowest BCUT2D eigenvalue weighted by molar-refractivity contribution is 0.232. The first-order valence-corrected chi connectivity index (χ1v) is 8.47. The molecule has 2 aromatic rings. The zero-order valence-corrected chi connectivity index (χ0v) is 14.6. The molecule has 0 unspecified atom stereocenters. The number of ether oxygens (including phenoxy) is 2. The van der Waals surface area contributed by atoms with Crippen molar-refractivity contribution in [3.05, 3.63) is 29.6 Å². The van der Waals surface area contributed by atoms with Crippen LogP contribution in [0.5, 0.6) is 11.5 Å².